The predicted molar refractivity (Wildman–Crippen MR) is 97.3 cm³/mol. The van der Waals surface area contributed by atoms with E-state index in [2.05, 4.69) is 23.2 Å². The van der Waals surface area contributed by atoms with E-state index in [1.165, 1.54) is 0 Å². The molecule has 1 atom stereocenters. The van der Waals surface area contributed by atoms with E-state index in [1.54, 1.807) is 13.2 Å². The van der Waals surface area contributed by atoms with Crippen molar-refractivity contribution in [3.8, 4) is 0 Å². The van der Waals surface area contributed by atoms with Gasteiger partial charge in [0.05, 0.1) is 0 Å². The number of nitrogens with one attached hydrogen (secondary N) is 1. The topological polar surface area (TPSA) is 42.1 Å². The number of allylic oxidation sites excluding steroid dienone is 2. The summed E-state index contributed by atoms with van der Waals surface area (Å²) in [6, 6.07) is 8.23. The number of hydrogen-bond acceptors (Lipinski definition) is 3. The van der Waals surface area contributed by atoms with Crippen molar-refractivity contribution in [3.63, 3.8) is 0 Å². The standard InChI is InChI=1S/C18H21NO2S.H2/c1-13(22)15(7-10-21-2)11-17(6-9-20)16-4-3-14-5-8-19-18(14)12-16;/h3-6,8-9,12,15,19H,7,10-11H2,1-2H3;1H/b17-6+;. The molecule has 0 aliphatic rings. The molecule has 0 saturated heterocycles. The van der Waals surface area contributed by atoms with Crippen molar-refractivity contribution in [2.24, 2.45) is 5.92 Å². The molecule has 0 spiro atoms. The first kappa shape index (κ1) is 16.6. The van der Waals surface area contributed by atoms with E-state index in [1.807, 2.05) is 19.2 Å². The Balaban J connectivity index is 0.00000264. The molecule has 1 aromatic heterocycles. The Morgan fingerprint density at radius 1 is 1.45 bits per heavy atom. The molecule has 1 aromatic carbocycles. The van der Waals surface area contributed by atoms with E-state index in [4.69, 9.17) is 17.0 Å². The molecule has 0 saturated carbocycles. The number of rotatable bonds is 8. The van der Waals surface area contributed by atoms with Crippen LogP contribution in [0.4, 0.5) is 0 Å². The van der Waals surface area contributed by atoms with E-state index in [9.17, 15) is 4.79 Å². The van der Waals surface area contributed by atoms with Crippen molar-refractivity contribution in [1.29, 1.82) is 0 Å². The van der Waals surface area contributed by atoms with Crippen LogP contribution in [0.15, 0.2) is 36.5 Å². The molecule has 3 nitrogen and oxygen atoms in total. The quantitative estimate of drug-likeness (QED) is 0.445. The number of carbonyl (C=O) groups is 1. The van der Waals surface area contributed by atoms with Gasteiger partial charge < -0.3 is 9.72 Å². The summed E-state index contributed by atoms with van der Waals surface area (Å²) in [4.78, 5) is 15.2. The number of methoxy groups -OCH3 is 1. The van der Waals surface area contributed by atoms with Crippen LogP contribution in [0.2, 0.25) is 0 Å². The van der Waals surface area contributed by atoms with Gasteiger partial charge in [-0.15, -0.1) is 0 Å². The molecule has 22 heavy (non-hydrogen) atoms. The lowest BCUT2D eigenvalue weighted by Gasteiger charge is -2.17. The number of hydrogen-bond donors (Lipinski definition) is 1. The molecular formula is C18H23NO2S. The zero-order valence-electron chi connectivity index (χ0n) is 13.0. The third kappa shape index (κ3) is 4.12. The van der Waals surface area contributed by atoms with Crippen molar-refractivity contribution >= 4 is 39.8 Å². The van der Waals surface area contributed by atoms with Gasteiger partial charge in [0.15, 0.2) is 0 Å². The lowest BCUT2D eigenvalue weighted by molar-refractivity contribution is -0.104. The number of aldehydes is 1. The maximum absolute atomic E-state index is 11.0. The zero-order valence-corrected chi connectivity index (χ0v) is 13.8. The number of aromatic amines is 1. The monoisotopic (exact) mass is 317 g/mol. The molecule has 2 aromatic rings. The highest BCUT2D eigenvalue weighted by Gasteiger charge is 2.15. The molecule has 2 rings (SSSR count). The number of aromatic nitrogens is 1. The van der Waals surface area contributed by atoms with Crippen LogP contribution in [0.3, 0.4) is 0 Å². The summed E-state index contributed by atoms with van der Waals surface area (Å²) < 4.78 is 5.16. The third-order valence-electron chi connectivity index (χ3n) is 3.91. The van der Waals surface area contributed by atoms with Gasteiger partial charge in [0.25, 0.3) is 0 Å². The minimum absolute atomic E-state index is 0. The van der Waals surface area contributed by atoms with Gasteiger partial charge in [0.2, 0.25) is 0 Å². The first-order valence-electron chi connectivity index (χ1n) is 7.37. The summed E-state index contributed by atoms with van der Waals surface area (Å²) in [6.45, 7) is 2.63. The third-order valence-corrected chi connectivity index (χ3v) is 4.24. The van der Waals surface area contributed by atoms with Gasteiger partial charge >= 0.3 is 0 Å². The molecule has 1 unspecified atom stereocenters. The van der Waals surface area contributed by atoms with Crippen molar-refractivity contribution in [2.75, 3.05) is 13.7 Å². The Kier molecular flexibility index (Phi) is 6.04. The van der Waals surface area contributed by atoms with Crippen molar-refractivity contribution in [1.82, 2.24) is 4.98 Å². The Morgan fingerprint density at radius 2 is 2.27 bits per heavy atom. The van der Waals surface area contributed by atoms with Gasteiger partial charge in [-0.05, 0) is 65.3 Å². The van der Waals surface area contributed by atoms with Gasteiger partial charge in [-0.2, -0.15) is 0 Å². The highest BCUT2D eigenvalue weighted by molar-refractivity contribution is 7.80. The number of H-pyrrole nitrogens is 1. The summed E-state index contributed by atoms with van der Waals surface area (Å²) in [5.74, 6) is 0.237. The highest BCUT2D eigenvalue weighted by atomic mass is 32.1. The summed E-state index contributed by atoms with van der Waals surface area (Å²) in [5.41, 5.74) is 3.14. The van der Waals surface area contributed by atoms with Gasteiger partial charge in [-0.1, -0.05) is 24.4 Å². The summed E-state index contributed by atoms with van der Waals surface area (Å²) >= 11 is 5.37. The summed E-state index contributed by atoms with van der Waals surface area (Å²) in [6.07, 6.45) is 6.03. The van der Waals surface area contributed by atoms with Gasteiger partial charge in [-0.3, -0.25) is 4.79 Å². The van der Waals surface area contributed by atoms with Crippen LogP contribution in [0.25, 0.3) is 16.5 Å². The van der Waals surface area contributed by atoms with Gasteiger partial charge in [0, 0.05) is 26.9 Å². The number of ether oxygens (including phenoxy) is 1. The van der Waals surface area contributed by atoms with Crippen LogP contribution in [-0.2, 0) is 9.53 Å². The second kappa shape index (κ2) is 8.01. The average molecular weight is 317 g/mol. The Hall–Kier alpha value is -1.78. The molecule has 118 valence electrons. The van der Waals surface area contributed by atoms with Crippen LogP contribution in [0, 0.1) is 5.92 Å². The number of carbonyl (C=O) groups excluding carboxylic acids is 1. The van der Waals surface area contributed by atoms with Crippen molar-refractivity contribution < 1.29 is 11.0 Å². The van der Waals surface area contributed by atoms with Gasteiger partial charge in [0.1, 0.15) is 6.29 Å². The normalized spacial score (nSPS) is 13.3. The van der Waals surface area contributed by atoms with E-state index < -0.39 is 0 Å². The molecule has 0 aliphatic carbocycles. The fourth-order valence-corrected chi connectivity index (χ4v) is 2.79. The molecule has 1 heterocycles. The second-order valence-corrected chi connectivity index (χ2v) is 6.04. The molecule has 0 bridgehead atoms. The summed E-state index contributed by atoms with van der Waals surface area (Å²) in [7, 11) is 1.69. The zero-order chi connectivity index (χ0) is 15.9. The average Bonchev–Trinajstić information content (AvgIpc) is 2.97. The van der Waals surface area contributed by atoms with Crippen molar-refractivity contribution in [2.45, 2.75) is 19.8 Å². The maximum atomic E-state index is 11.0. The Labute approximate surface area is 137 Å². The smallest absolute Gasteiger partial charge is 0.143 e. The van der Waals surface area contributed by atoms with Gasteiger partial charge in [-0.25, -0.2) is 0 Å². The molecule has 4 heteroatoms. The fraction of sp³-hybridized carbons (Fsp3) is 0.333. The molecule has 0 amide bonds. The van der Waals surface area contributed by atoms with E-state index in [-0.39, 0.29) is 7.34 Å². The maximum Gasteiger partial charge on any atom is 0.143 e. The molecule has 0 radical (unpaired) electrons. The number of fused-ring (bicyclic) bond motifs is 1. The predicted octanol–water partition coefficient (Wildman–Crippen LogP) is 4.43. The molecule has 0 fully saturated rings. The van der Waals surface area contributed by atoms with Crippen LogP contribution < -0.4 is 0 Å². The van der Waals surface area contributed by atoms with E-state index in [0.717, 1.165) is 46.0 Å². The first-order chi connectivity index (χ1) is 10.7. The fourth-order valence-electron chi connectivity index (χ4n) is 2.59. The van der Waals surface area contributed by atoms with E-state index >= 15 is 0 Å². The largest absolute Gasteiger partial charge is 0.385 e. The van der Waals surface area contributed by atoms with Crippen LogP contribution in [0.1, 0.15) is 26.8 Å². The van der Waals surface area contributed by atoms with Crippen molar-refractivity contribution in [3.05, 3.63) is 42.1 Å². The lowest BCUT2D eigenvalue weighted by Crippen LogP contribution is -2.12. The lowest BCUT2D eigenvalue weighted by atomic mass is 9.90. The highest BCUT2D eigenvalue weighted by Crippen LogP contribution is 2.27. The first-order valence-corrected chi connectivity index (χ1v) is 7.77. The molecular weight excluding hydrogens is 294 g/mol. The molecule has 0 aliphatic heterocycles. The second-order valence-electron chi connectivity index (χ2n) is 5.40. The Morgan fingerprint density at radius 3 is 2.95 bits per heavy atom. The van der Waals surface area contributed by atoms with E-state index in [0.29, 0.717) is 6.61 Å². The Bertz CT molecular complexity index is 693. The van der Waals surface area contributed by atoms with Crippen LogP contribution in [0.5, 0.6) is 0 Å². The minimum Gasteiger partial charge on any atom is -0.385 e. The number of benzene rings is 1. The SMILES string of the molecule is COCCC(C/C(=C\C=O)c1ccc2cc[nH]c2c1)C(C)=S.[HH]. The summed E-state index contributed by atoms with van der Waals surface area (Å²) in [5, 5.41) is 1.16. The minimum atomic E-state index is 0. The number of thiocarbonyl (C=S) groups is 1. The van der Waals surface area contributed by atoms with Crippen LogP contribution in [-0.4, -0.2) is 29.9 Å². The van der Waals surface area contributed by atoms with Crippen LogP contribution >= 0.6 is 12.2 Å². The molecule has 1 N–H and O–H groups in total.